The van der Waals surface area contributed by atoms with Crippen LogP contribution in [-0.2, 0) is 0 Å². The van der Waals surface area contributed by atoms with Gasteiger partial charge in [-0.05, 0) is 6.04 Å². The Hall–Kier alpha value is 0.507. The van der Waals surface area contributed by atoms with Crippen molar-refractivity contribution in [3.05, 3.63) is 0 Å². The molecule has 0 aromatic heterocycles. The van der Waals surface area contributed by atoms with Crippen LogP contribution in [0, 0.1) is 0 Å². The molecule has 0 bridgehead atoms. The van der Waals surface area contributed by atoms with Crippen molar-refractivity contribution < 1.29 is 0 Å². The lowest BCUT2D eigenvalue weighted by atomic mass is 10.2. The number of hydrogen-bond acceptors (Lipinski definition) is 0. The summed E-state index contributed by atoms with van der Waals surface area (Å²) in [6, 6.07) is 1.29. The minimum Gasteiger partial charge on any atom is -0.168 e. The largest absolute Gasteiger partial charge is 0.168 e. The standard InChI is InChI=1S/C8H19ClSi/c1-4-5-6-7-8-10(2,3)9/h4-8H2,1-3H3. The Morgan fingerprint density at radius 1 is 1.10 bits per heavy atom. The number of unbranched alkanes of at least 4 members (excludes halogenated alkanes) is 3. The van der Waals surface area contributed by atoms with Gasteiger partial charge in [0.15, 0.2) is 0 Å². The molecule has 0 N–H and O–H groups in total. The van der Waals surface area contributed by atoms with Gasteiger partial charge in [-0.15, -0.1) is 0 Å². The first-order valence-electron chi connectivity index (χ1n) is 4.25. The first-order valence-corrected chi connectivity index (χ1v) is 8.47. The zero-order chi connectivity index (χ0) is 8.04. The van der Waals surface area contributed by atoms with Gasteiger partial charge >= 0.3 is 0 Å². The van der Waals surface area contributed by atoms with Crippen LogP contribution in [0.4, 0.5) is 0 Å². The molecule has 0 radical (unpaired) electrons. The van der Waals surface area contributed by atoms with Gasteiger partial charge in [0.25, 0.3) is 0 Å². The van der Waals surface area contributed by atoms with Crippen LogP contribution in [0.25, 0.3) is 0 Å². The quantitative estimate of drug-likeness (QED) is 0.339. The van der Waals surface area contributed by atoms with Gasteiger partial charge in [-0.25, -0.2) is 0 Å². The van der Waals surface area contributed by atoms with Crippen molar-refractivity contribution in [1.29, 1.82) is 0 Å². The molecule has 0 fully saturated rings. The summed E-state index contributed by atoms with van der Waals surface area (Å²) in [5, 5.41) is 0. The third-order valence-electron chi connectivity index (χ3n) is 1.62. The molecule has 0 spiro atoms. The van der Waals surface area contributed by atoms with Gasteiger partial charge in [0.1, 0.15) is 7.38 Å². The normalized spacial score (nSPS) is 12.0. The second-order valence-corrected chi connectivity index (χ2v) is 10.5. The van der Waals surface area contributed by atoms with Crippen LogP contribution in [0.2, 0.25) is 19.1 Å². The summed E-state index contributed by atoms with van der Waals surface area (Å²) in [4.78, 5) is 0. The molecule has 62 valence electrons. The summed E-state index contributed by atoms with van der Waals surface area (Å²) in [5.41, 5.74) is 0. The Bertz CT molecular complexity index is 75.8. The molecule has 0 saturated carbocycles. The Balaban J connectivity index is 3.04. The predicted octanol–water partition coefficient (Wildman–Crippen LogP) is 4.01. The highest BCUT2D eigenvalue weighted by atomic mass is 35.6. The molecule has 0 aromatic carbocycles. The molecule has 0 aromatic rings. The Labute approximate surface area is 70.7 Å². The summed E-state index contributed by atoms with van der Waals surface area (Å²) >= 11 is 6.15. The van der Waals surface area contributed by atoms with Crippen LogP contribution in [0.3, 0.4) is 0 Å². The van der Waals surface area contributed by atoms with Crippen molar-refractivity contribution >= 4 is 18.5 Å². The maximum absolute atomic E-state index is 6.15. The van der Waals surface area contributed by atoms with Crippen molar-refractivity contribution in [2.45, 2.75) is 51.7 Å². The monoisotopic (exact) mass is 178 g/mol. The fourth-order valence-electron chi connectivity index (χ4n) is 0.972. The zero-order valence-corrected chi connectivity index (χ0v) is 9.17. The van der Waals surface area contributed by atoms with Gasteiger partial charge in [-0.2, -0.15) is 11.1 Å². The Morgan fingerprint density at radius 2 is 1.70 bits per heavy atom. The van der Waals surface area contributed by atoms with E-state index in [1.165, 1.54) is 31.7 Å². The van der Waals surface area contributed by atoms with Crippen molar-refractivity contribution in [3.8, 4) is 0 Å². The predicted molar refractivity (Wildman–Crippen MR) is 52.3 cm³/mol. The van der Waals surface area contributed by atoms with Crippen LogP contribution in [0.1, 0.15) is 32.6 Å². The Morgan fingerprint density at radius 3 is 2.10 bits per heavy atom. The lowest BCUT2D eigenvalue weighted by molar-refractivity contribution is 0.698. The van der Waals surface area contributed by atoms with Gasteiger partial charge in [0.05, 0.1) is 0 Å². The van der Waals surface area contributed by atoms with Gasteiger partial charge in [0, 0.05) is 0 Å². The van der Waals surface area contributed by atoms with Gasteiger partial charge < -0.3 is 0 Å². The third-order valence-corrected chi connectivity index (χ3v) is 3.73. The molecule has 0 amide bonds. The summed E-state index contributed by atoms with van der Waals surface area (Å²) in [6.45, 7) is 6.68. The summed E-state index contributed by atoms with van der Waals surface area (Å²) in [5.74, 6) is 0. The van der Waals surface area contributed by atoms with E-state index in [0.29, 0.717) is 0 Å². The molecule has 0 heterocycles. The molecule has 0 rings (SSSR count). The van der Waals surface area contributed by atoms with Crippen LogP contribution in [0.15, 0.2) is 0 Å². The molecule has 0 unspecified atom stereocenters. The molecule has 0 saturated heterocycles. The average molecular weight is 179 g/mol. The first-order chi connectivity index (χ1) is 4.56. The smallest absolute Gasteiger partial charge is 0.150 e. The first kappa shape index (κ1) is 10.5. The number of halogens is 1. The summed E-state index contributed by atoms with van der Waals surface area (Å²) in [7, 11) is -1.23. The van der Waals surface area contributed by atoms with Crippen molar-refractivity contribution in [1.82, 2.24) is 0 Å². The molecule has 0 atom stereocenters. The highest BCUT2D eigenvalue weighted by Crippen LogP contribution is 2.18. The van der Waals surface area contributed by atoms with Crippen LogP contribution in [0.5, 0.6) is 0 Å². The second-order valence-electron chi connectivity index (χ2n) is 3.53. The molecule has 2 heteroatoms. The van der Waals surface area contributed by atoms with E-state index >= 15 is 0 Å². The van der Waals surface area contributed by atoms with Crippen molar-refractivity contribution in [2.24, 2.45) is 0 Å². The van der Waals surface area contributed by atoms with E-state index in [0.717, 1.165) is 0 Å². The maximum Gasteiger partial charge on any atom is 0.150 e. The highest BCUT2D eigenvalue weighted by Gasteiger charge is 2.14. The minimum atomic E-state index is -1.23. The second kappa shape index (κ2) is 5.20. The van der Waals surface area contributed by atoms with Crippen molar-refractivity contribution in [3.63, 3.8) is 0 Å². The van der Waals surface area contributed by atoms with Gasteiger partial charge in [0.2, 0.25) is 0 Å². The molecular formula is C8H19ClSi. The topological polar surface area (TPSA) is 0 Å². The maximum atomic E-state index is 6.15. The zero-order valence-electron chi connectivity index (χ0n) is 7.41. The van der Waals surface area contributed by atoms with E-state index < -0.39 is 7.38 Å². The van der Waals surface area contributed by atoms with E-state index in [1.54, 1.807) is 0 Å². The van der Waals surface area contributed by atoms with Gasteiger partial charge in [-0.3, -0.25) is 0 Å². The fraction of sp³-hybridized carbons (Fsp3) is 1.00. The highest BCUT2D eigenvalue weighted by molar-refractivity contribution is 7.19. The SMILES string of the molecule is CCCCCC[Si](C)(C)Cl. The summed E-state index contributed by atoms with van der Waals surface area (Å²) in [6.07, 6.45) is 5.42. The molecule has 0 aliphatic rings. The van der Waals surface area contributed by atoms with E-state index in [2.05, 4.69) is 20.0 Å². The molecular weight excluding hydrogens is 160 g/mol. The number of rotatable bonds is 5. The van der Waals surface area contributed by atoms with Crippen LogP contribution in [-0.4, -0.2) is 7.38 Å². The van der Waals surface area contributed by atoms with Gasteiger partial charge in [-0.1, -0.05) is 45.7 Å². The molecule has 0 aliphatic carbocycles. The lowest BCUT2D eigenvalue weighted by Crippen LogP contribution is -2.14. The molecule has 0 aliphatic heterocycles. The molecule has 0 nitrogen and oxygen atoms in total. The summed E-state index contributed by atoms with van der Waals surface area (Å²) < 4.78 is 0. The Kier molecular flexibility index (Phi) is 5.46. The van der Waals surface area contributed by atoms with Crippen molar-refractivity contribution in [2.75, 3.05) is 0 Å². The van der Waals surface area contributed by atoms with Crippen LogP contribution < -0.4 is 0 Å². The average Bonchev–Trinajstić information content (AvgIpc) is 1.78. The van der Waals surface area contributed by atoms with E-state index in [1.807, 2.05) is 0 Å². The van der Waals surface area contributed by atoms with Crippen LogP contribution >= 0.6 is 11.1 Å². The minimum absolute atomic E-state index is 1.23. The van der Waals surface area contributed by atoms with E-state index in [-0.39, 0.29) is 0 Å². The molecule has 10 heavy (non-hydrogen) atoms. The third kappa shape index (κ3) is 8.51. The lowest BCUT2D eigenvalue weighted by Gasteiger charge is -2.11. The van der Waals surface area contributed by atoms with E-state index in [4.69, 9.17) is 11.1 Å². The fourth-order valence-corrected chi connectivity index (χ4v) is 2.46. The van der Waals surface area contributed by atoms with E-state index in [9.17, 15) is 0 Å². The number of hydrogen-bond donors (Lipinski definition) is 0.